The van der Waals surface area contributed by atoms with E-state index < -0.39 is 0 Å². The lowest BCUT2D eigenvalue weighted by molar-refractivity contribution is -0.122. The Hall–Kier alpha value is -1.51. The normalized spacial score (nSPS) is 20.2. The predicted molar refractivity (Wildman–Crippen MR) is 82.9 cm³/mol. The van der Waals surface area contributed by atoms with E-state index in [-0.39, 0.29) is 11.8 Å². The van der Waals surface area contributed by atoms with Crippen molar-refractivity contribution in [1.29, 1.82) is 0 Å². The Morgan fingerprint density at radius 1 is 0.850 bits per heavy atom. The first kappa shape index (κ1) is 13.5. The lowest BCUT2D eigenvalue weighted by Gasteiger charge is -2.25. The average Bonchev–Trinajstić information content (AvgIpc) is 2.40. The molecule has 0 bridgehead atoms. The van der Waals surface area contributed by atoms with Crippen LogP contribution in [0.4, 0.5) is 11.4 Å². The number of hydrogen-bond acceptors (Lipinski definition) is 2. The molecule has 3 heteroatoms. The number of amides is 1. The van der Waals surface area contributed by atoms with Crippen molar-refractivity contribution in [3.05, 3.63) is 24.3 Å². The molecule has 2 aliphatic carbocycles. The molecule has 0 aliphatic heterocycles. The molecule has 1 aromatic carbocycles. The van der Waals surface area contributed by atoms with Gasteiger partial charge in [-0.05, 0) is 49.9 Å². The predicted octanol–water partition coefficient (Wildman–Crippen LogP) is 4.17. The van der Waals surface area contributed by atoms with Crippen molar-refractivity contribution in [2.45, 2.75) is 57.4 Å². The van der Waals surface area contributed by atoms with E-state index in [1.165, 1.54) is 44.2 Å². The molecule has 0 heterocycles. The van der Waals surface area contributed by atoms with E-state index in [2.05, 4.69) is 22.8 Å². The number of carbonyl (C=O) groups excluding carboxylic acids is 1. The number of anilines is 2. The van der Waals surface area contributed by atoms with Crippen LogP contribution in [0.15, 0.2) is 24.3 Å². The van der Waals surface area contributed by atoms with Crippen molar-refractivity contribution in [2.75, 3.05) is 10.6 Å². The van der Waals surface area contributed by atoms with Gasteiger partial charge in [0, 0.05) is 23.3 Å². The quantitative estimate of drug-likeness (QED) is 0.863. The summed E-state index contributed by atoms with van der Waals surface area (Å²) in [7, 11) is 0. The van der Waals surface area contributed by atoms with Crippen LogP contribution in [-0.2, 0) is 4.79 Å². The highest BCUT2D eigenvalue weighted by Crippen LogP contribution is 2.28. The Kier molecular flexibility index (Phi) is 4.24. The zero-order valence-corrected chi connectivity index (χ0v) is 12.0. The number of nitrogens with one attached hydrogen (secondary N) is 2. The zero-order valence-electron chi connectivity index (χ0n) is 12.0. The molecular weight excluding hydrogens is 248 g/mol. The molecular formula is C17H24N2O. The van der Waals surface area contributed by atoms with Gasteiger partial charge in [0.05, 0.1) is 0 Å². The van der Waals surface area contributed by atoms with E-state index in [0.29, 0.717) is 6.04 Å². The number of benzene rings is 1. The maximum absolute atomic E-state index is 11.9. The van der Waals surface area contributed by atoms with Crippen LogP contribution in [0.2, 0.25) is 0 Å². The van der Waals surface area contributed by atoms with E-state index in [1.54, 1.807) is 0 Å². The van der Waals surface area contributed by atoms with Crippen molar-refractivity contribution in [2.24, 2.45) is 5.92 Å². The van der Waals surface area contributed by atoms with E-state index in [4.69, 9.17) is 0 Å². The maximum Gasteiger partial charge on any atom is 0.227 e. The second-order valence-electron chi connectivity index (χ2n) is 6.17. The molecule has 3 nitrogen and oxygen atoms in total. The van der Waals surface area contributed by atoms with Gasteiger partial charge in [0.15, 0.2) is 0 Å². The van der Waals surface area contributed by atoms with Crippen LogP contribution in [0.25, 0.3) is 0 Å². The Morgan fingerprint density at radius 2 is 1.50 bits per heavy atom. The molecule has 0 radical (unpaired) electrons. The van der Waals surface area contributed by atoms with Gasteiger partial charge in [-0.3, -0.25) is 4.79 Å². The lowest BCUT2D eigenvalue weighted by atomic mass is 9.85. The number of carbonyl (C=O) groups is 1. The minimum Gasteiger partial charge on any atom is -0.382 e. The van der Waals surface area contributed by atoms with Gasteiger partial charge in [-0.2, -0.15) is 0 Å². The largest absolute Gasteiger partial charge is 0.382 e. The molecule has 2 aliphatic rings. The smallest absolute Gasteiger partial charge is 0.227 e. The van der Waals surface area contributed by atoms with E-state index in [0.717, 1.165) is 18.5 Å². The second kappa shape index (κ2) is 6.29. The van der Waals surface area contributed by atoms with Gasteiger partial charge >= 0.3 is 0 Å². The van der Waals surface area contributed by atoms with Gasteiger partial charge < -0.3 is 10.6 Å². The number of hydrogen-bond donors (Lipinski definition) is 2. The Morgan fingerprint density at radius 3 is 2.10 bits per heavy atom. The Bertz CT molecular complexity index is 445. The molecule has 0 spiro atoms. The van der Waals surface area contributed by atoms with Crippen molar-refractivity contribution >= 4 is 17.3 Å². The third-order valence-electron chi connectivity index (χ3n) is 4.60. The third kappa shape index (κ3) is 3.33. The monoisotopic (exact) mass is 272 g/mol. The van der Waals surface area contributed by atoms with Crippen molar-refractivity contribution in [1.82, 2.24) is 0 Å². The summed E-state index contributed by atoms with van der Waals surface area (Å²) in [4.78, 5) is 11.9. The molecule has 0 saturated heterocycles. The maximum atomic E-state index is 11.9. The summed E-state index contributed by atoms with van der Waals surface area (Å²) in [6, 6.07) is 8.78. The SMILES string of the molecule is O=C(Nc1ccc(NC2CCCCC2)cc1)C1CCC1. The van der Waals surface area contributed by atoms with E-state index >= 15 is 0 Å². The summed E-state index contributed by atoms with van der Waals surface area (Å²) < 4.78 is 0. The summed E-state index contributed by atoms with van der Waals surface area (Å²) in [6.07, 6.45) is 9.91. The minimum atomic E-state index is 0.184. The van der Waals surface area contributed by atoms with Crippen LogP contribution in [0.5, 0.6) is 0 Å². The summed E-state index contributed by atoms with van der Waals surface area (Å²) in [5.74, 6) is 0.430. The van der Waals surface area contributed by atoms with Crippen molar-refractivity contribution in [3.8, 4) is 0 Å². The van der Waals surface area contributed by atoms with Crippen LogP contribution in [0.1, 0.15) is 51.4 Å². The van der Waals surface area contributed by atoms with Gasteiger partial charge in [-0.1, -0.05) is 25.7 Å². The molecule has 2 saturated carbocycles. The van der Waals surface area contributed by atoms with E-state index in [1.807, 2.05) is 12.1 Å². The fraction of sp³-hybridized carbons (Fsp3) is 0.588. The summed E-state index contributed by atoms with van der Waals surface area (Å²) >= 11 is 0. The molecule has 1 amide bonds. The molecule has 2 N–H and O–H groups in total. The first-order chi connectivity index (χ1) is 9.81. The summed E-state index contributed by atoms with van der Waals surface area (Å²) in [5, 5.41) is 6.60. The Labute approximate surface area is 121 Å². The Balaban J connectivity index is 1.52. The summed E-state index contributed by atoms with van der Waals surface area (Å²) in [6.45, 7) is 0. The fourth-order valence-corrected chi connectivity index (χ4v) is 3.05. The van der Waals surface area contributed by atoms with E-state index in [9.17, 15) is 4.79 Å². The molecule has 2 fully saturated rings. The summed E-state index contributed by atoms with van der Waals surface area (Å²) in [5.41, 5.74) is 2.08. The van der Waals surface area contributed by atoms with Crippen LogP contribution in [0, 0.1) is 5.92 Å². The highest BCUT2D eigenvalue weighted by atomic mass is 16.1. The van der Waals surface area contributed by atoms with Crippen LogP contribution in [-0.4, -0.2) is 11.9 Å². The molecule has 20 heavy (non-hydrogen) atoms. The van der Waals surface area contributed by atoms with Gasteiger partial charge in [0.1, 0.15) is 0 Å². The van der Waals surface area contributed by atoms with Gasteiger partial charge in [-0.15, -0.1) is 0 Å². The first-order valence-corrected chi connectivity index (χ1v) is 7.99. The zero-order chi connectivity index (χ0) is 13.8. The molecule has 1 aromatic rings. The second-order valence-corrected chi connectivity index (χ2v) is 6.17. The van der Waals surface area contributed by atoms with Crippen LogP contribution >= 0.6 is 0 Å². The van der Waals surface area contributed by atoms with Gasteiger partial charge in [-0.25, -0.2) is 0 Å². The molecule has 0 aromatic heterocycles. The first-order valence-electron chi connectivity index (χ1n) is 7.99. The topological polar surface area (TPSA) is 41.1 Å². The molecule has 108 valence electrons. The highest BCUT2D eigenvalue weighted by Gasteiger charge is 2.25. The van der Waals surface area contributed by atoms with Crippen molar-refractivity contribution < 1.29 is 4.79 Å². The van der Waals surface area contributed by atoms with Crippen LogP contribution in [0.3, 0.4) is 0 Å². The van der Waals surface area contributed by atoms with Crippen LogP contribution < -0.4 is 10.6 Å². The molecule has 0 unspecified atom stereocenters. The van der Waals surface area contributed by atoms with Gasteiger partial charge in [0.25, 0.3) is 0 Å². The van der Waals surface area contributed by atoms with Crippen molar-refractivity contribution in [3.63, 3.8) is 0 Å². The molecule has 0 atom stereocenters. The lowest BCUT2D eigenvalue weighted by Crippen LogP contribution is -2.28. The van der Waals surface area contributed by atoms with Gasteiger partial charge in [0.2, 0.25) is 5.91 Å². The average molecular weight is 272 g/mol. The fourth-order valence-electron chi connectivity index (χ4n) is 3.05. The highest BCUT2D eigenvalue weighted by molar-refractivity contribution is 5.93. The minimum absolute atomic E-state index is 0.184. The molecule has 3 rings (SSSR count). The number of rotatable bonds is 4. The standard InChI is InChI=1S/C17H24N2O/c20-17(13-5-4-6-13)19-16-11-9-15(10-12-16)18-14-7-2-1-3-8-14/h9-14,18H,1-8H2,(H,19,20). The third-order valence-corrected chi connectivity index (χ3v) is 4.60.